The van der Waals surface area contributed by atoms with Crippen molar-refractivity contribution in [1.82, 2.24) is 19.6 Å². The average molecular weight is 336 g/mol. The van der Waals surface area contributed by atoms with E-state index >= 15 is 0 Å². The van der Waals surface area contributed by atoms with Crippen LogP contribution in [0.2, 0.25) is 0 Å². The number of para-hydroxylation sites is 1. The van der Waals surface area contributed by atoms with Gasteiger partial charge in [-0.3, -0.25) is 4.79 Å². The first-order chi connectivity index (χ1) is 11.7. The minimum absolute atomic E-state index is 0.276. The summed E-state index contributed by atoms with van der Waals surface area (Å²) < 4.78 is 6.91. The van der Waals surface area contributed by atoms with Crippen molar-refractivity contribution in [3.05, 3.63) is 63.7 Å². The molecule has 118 valence electrons. The van der Waals surface area contributed by atoms with Crippen LogP contribution in [0.5, 0.6) is 5.75 Å². The van der Waals surface area contributed by atoms with Crippen molar-refractivity contribution in [2.75, 3.05) is 7.11 Å². The molecule has 0 amide bonds. The second-order valence-electron chi connectivity index (χ2n) is 5.20. The molecule has 0 bridgehead atoms. The van der Waals surface area contributed by atoms with Crippen molar-refractivity contribution in [2.24, 2.45) is 0 Å². The third-order valence-electron chi connectivity index (χ3n) is 3.78. The highest BCUT2D eigenvalue weighted by Crippen LogP contribution is 2.20. The van der Waals surface area contributed by atoms with Crippen molar-refractivity contribution >= 4 is 28.8 Å². The first kappa shape index (κ1) is 14.5. The van der Waals surface area contributed by atoms with Crippen molar-refractivity contribution < 1.29 is 4.74 Å². The summed E-state index contributed by atoms with van der Waals surface area (Å²) in [4.78, 5) is 19.8. The maximum absolute atomic E-state index is 12.5. The monoisotopic (exact) mass is 336 g/mol. The van der Waals surface area contributed by atoms with Crippen LogP contribution in [0.4, 0.5) is 0 Å². The van der Waals surface area contributed by atoms with Crippen LogP contribution in [0.15, 0.2) is 53.3 Å². The van der Waals surface area contributed by atoms with Gasteiger partial charge in [-0.2, -0.15) is 9.61 Å². The van der Waals surface area contributed by atoms with Crippen molar-refractivity contribution in [1.29, 1.82) is 0 Å². The smallest absolute Gasteiger partial charge is 0.277 e. The van der Waals surface area contributed by atoms with Crippen LogP contribution in [-0.2, 0) is 0 Å². The Morgan fingerprint density at radius 3 is 2.62 bits per heavy atom. The Balaban J connectivity index is 2.03. The van der Waals surface area contributed by atoms with E-state index in [-0.39, 0.29) is 16.0 Å². The van der Waals surface area contributed by atoms with Gasteiger partial charge in [0.15, 0.2) is 5.69 Å². The molecule has 0 spiro atoms. The Morgan fingerprint density at radius 1 is 1.12 bits per heavy atom. The molecule has 7 heteroatoms. The van der Waals surface area contributed by atoms with E-state index in [1.807, 2.05) is 24.3 Å². The van der Waals surface area contributed by atoms with E-state index in [4.69, 9.17) is 17.0 Å². The summed E-state index contributed by atoms with van der Waals surface area (Å²) in [6, 6.07) is 14.6. The molecule has 0 aliphatic carbocycles. The van der Waals surface area contributed by atoms with Gasteiger partial charge in [-0.05, 0) is 48.6 Å². The number of methoxy groups -OCH3 is 1. The summed E-state index contributed by atoms with van der Waals surface area (Å²) in [5, 5.41) is 5.20. The summed E-state index contributed by atoms with van der Waals surface area (Å²) >= 11 is 5.32. The molecule has 0 fully saturated rings. The van der Waals surface area contributed by atoms with E-state index in [0.717, 1.165) is 10.9 Å². The predicted octanol–water partition coefficient (Wildman–Crippen LogP) is 2.98. The van der Waals surface area contributed by atoms with E-state index < -0.39 is 0 Å². The summed E-state index contributed by atoms with van der Waals surface area (Å²) in [7, 11) is 1.59. The predicted molar refractivity (Wildman–Crippen MR) is 93.9 cm³/mol. The van der Waals surface area contributed by atoms with Crippen LogP contribution in [0.1, 0.15) is 0 Å². The van der Waals surface area contributed by atoms with Crippen LogP contribution in [0.3, 0.4) is 0 Å². The lowest BCUT2D eigenvalue weighted by Gasteiger charge is -2.07. The zero-order chi connectivity index (χ0) is 16.7. The van der Waals surface area contributed by atoms with Gasteiger partial charge in [-0.25, -0.2) is 4.98 Å². The zero-order valence-electron chi connectivity index (χ0n) is 12.7. The SMILES string of the molecule is COc1ccc(-c2nn3c(=S)nc4ccccc4c3[nH]c2=O)cc1. The highest BCUT2D eigenvalue weighted by atomic mass is 32.1. The minimum Gasteiger partial charge on any atom is -0.497 e. The molecule has 0 unspecified atom stereocenters. The van der Waals surface area contributed by atoms with Gasteiger partial charge in [-0.15, -0.1) is 0 Å². The summed E-state index contributed by atoms with van der Waals surface area (Å²) in [6.45, 7) is 0. The lowest BCUT2D eigenvalue weighted by atomic mass is 10.1. The minimum atomic E-state index is -0.286. The quantitative estimate of drug-likeness (QED) is 0.450. The molecule has 2 aromatic heterocycles. The van der Waals surface area contributed by atoms with Crippen molar-refractivity contribution in [3.63, 3.8) is 0 Å². The normalized spacial score (nSPS) is 11.0. The van der Waals surface area contributed by atoms with Crippen LogP contribution in [0.25, 0.3) is 27.8 Å². The van der Waals surface area contributed by atoms with Crippen LogP contribution in [0, 0.1) is 4.77 Å². The van der Waals surface area contributed by atoms with E-state index in [1.54, 1.807) is 31.4 Å². The number of H-pyrrole nitrogens is 1. The van der Waals surface area contributed by atoms with E-state index in [0.29, 0.717) is 17.0 Å². The number of rotatable bonds is 2. The van der Waals surface area contributed by atoms with Gasteiger partial charge >= 0.3 is 0 Å². The molecule has 1 N–H and O–H groups in total. The van der Waals surface area contributed by atoms with Gasteiger partial charge in [0.1, 0.15) is 11.4 Å². The molecule has 4 rings (SSSR count). The Hall–Kier alpha value is -3.06. The molecule has 0 saturated heterocycles. The van der Waals surface area contributed by atoms with Gasteiger partial charge < -0.3 is 9.72 Å². The van der Waals surface area contributed by atoms with Gasteiger partial charge in [0.2, 0.25) is 4.77 Å². The lowest BCUT2D eigenvalue weighted by molar-refractivity contribution is 0.415. The Kier molecular flexibility index (Phi) is 3.35. The Bertz CT molecular complexity index is 1180. The largest absolute Gasteiger partial charge is 0.497 e. The Labute approximate surface area is 141 Å². The molecule has 2 heterocycles. The number of aromatic amines is 1. The van der Waals surface area contributed by atoms with E-state index in [9.17, 15) is 4.79 Å². The number of fused-ring (bicyclic) bond motifs is 3. The molecule has 6 nitrogen and oxygen atoms in total. The second-order valence-corrected chi connectivity index (χ2v) is 5.57. The number of benzene rings is 2. The molecule has 0 atom stereocenters. The van der Waals surface area contributed by atoms with E-state index in [2.05, 4.69) is 15.1 Å². The first-order valence-corrected chi connectivity index (χ1v) is 7.65. The van der Waals surface area contributed by atoms with E-state index in [1.165, 1.54) is 4.52 Å². The summed E-state index contributed by atoms with van der Waals surface area (Å²) in [6.07, 6.45) is 0. The van der Waals surface area contributed by atoms with Gasteiger partial charge in [0.25, 0.3) is 5.56 Å². The standard InChI is InChI=1S/C17H12N4O2S/c1-23-11-8-6-10(7-9-11)14-16(22)19-15-12-4-2-3-5-13(12)18-17(24)21(15)20-14/h2-9H,1H3,(H,19,22). The van der Waals surface area contributed by atoms with Gasteiger partial charge in [0, 0.05) is 10.9 Å². The number of nitrogens with one attached hydrogen (secondary N) is 1. The van der Waals surface area contributed by atoms with Crippen molar-refractivity contribution in [3.8, 4) is 17.0 Å². The maximum atomic E-state index is 12.5. The number of ether oxygens (including phenoxy) is 1. The molecular weight excluding hydrogens is 324 g/mol. The fourth-order valence-electron chi connectivity index (χ4n) is 2.59. The lowest BCUT2D eigenvalue weighted by Crippen LogP contribution is -2.17. The van der Waals surface area contributed by atoms with Crippen LogP contribution >= 0.6 is 12.2 Å². The maximum Gasteiger partial charge on any atom is 0.277 e. The van der Waals surface area contributed by atoms with Crippen LogP contribution < -0.4 is 10.3 Å². The third kappa shape index (κ3) is 2.26. The van der Waals surface area contributed by atoms with Crippen LogP contribution in [-0.4, -0.2) is 26.7 Å². The number of nitrogens with zero attached hydrogens (tertiary/aromatic N) is 3. The Morgan fingerprint density at radius 2 is 1.88 bits per heavy atom. The molecule has 0 aliphatic heterocycles. The number of hydrogen-bond acceptors (Lipinski definition) is 5. The third-order valence-corrected chi connectivity index (χ3v) is 4.04. The molecule has 0 radical (unpaired) electrons. The molecule has 24 heavy (non-hydrogen) atoms. The highest BCUT2D eigenvalue weighted by Gasteiger charge is 2.11. The first-order valence-electron chi connectivity index (χ1n) is 7.24. The topological polar surface area (TPSA) is 72.3 Å². The average Bonchev–Trinajstić information content (AvgIpc) is 2.61. The van der Waals surface area contributed by atoms with Gasteiger partial charge in [0.05, 0.1) is 12.6 Å². The molecule has 0 aliphatic rings. The zero-order valence-corrected chi connectivity index (χ0v) is 13.5. The summed E-state index contributed by atoms with van der Waals surface area (Å²) in [5.74, 6) is 0.709. The van der Waals surface area contributed by atoms with Crippen molar-refractivity contribution in [2.45, 2.75) is 0 Å². The second kappa shape index (κ2) is 5.54. The summed E-state index contributed by atoms with van der Waals surface area (Å²) in [5.41, 5.74) is 1.92. The highest BCUT2D eigenvalue weighted by molar-refractivity contribution is 7.71. The fourth-order valence-corrected chi connectivity index (χ4v) is 2.82. The molecular formula is C17H12N4O2S. The molecule has 0 saturated carbocycles. The number of aromatic nitrogens is 4. The molecule has 4 aromatic rings. The number of hydrogen-bond donors (Lipinski definition) is 1. The molecule has 2 aromatic carbocycles. The van der Waals surface area contributed by atoms with Gasteiger partial charge in [-0.1, -0.05) is 12.1 Å². The fraction of sp³-hybridized carbons (Fsp3) is 0.0588.